The third kappa shape index (κ3) is 1.42. The van der Waals surface area contributed by atoms with Crippen LogP contribution in [0.2, 0.25) is 0 Å². The molecule has 0 unspecified atom stereocenters. The smallest absolute Gasteiger partial charge is 0.0481 e. The van der Waals surface area contributed by atoms with E-state index in [2.05, 4.69) is 30.4 Å². The Bertz CT molecular complexity index is 369. The lowest BCUT2D eigenvalue weighted by molar-refractivity contribution is 0.626. The minimum absolute atomic E-state index is 0.636. The predicted octanol–water partition coefficient (Wildman–Crippen LogP) is 3.29. The summed E-state index contributed by atoms with van der Waals surface area (Å²) >= 11 is 2.03. The maximum Gasteiger partial charge on any atom is 0.0481 e. The summed E-state index contributed by atoms with van der Waals surface area (Å²) in [7, 11) is 0. The van der Waals surface area contributed by atoms with Gasteiger partial charge in [-0.2, -0.15) is 0 Å². The molecule has 3 rings (SSSR count). The lowest BCUT2D eigenvalue weighted by Gasteiger charge is -2.10. The summed E-state index contributed by atoms with van der Waals surface area (Å²) in [6.45, 7) is 3.33. The molecule has 0 saturated heterocycles. The summed E-state index contributed by atoms with van der Waals surface area (Å²) in [4.78, 5) is 1.43. The third-order valence-electron chi connectivity index (χ3n) is 3.28. The van der Waals surface area contributed by atoms with Gasteiger partial charge in [-0.1, -0.05) is 6.07 Å². The van der Waals surface area contributed by atoms with Crippen molar-refractivity contribution < 1.29 is 0 Å². The van der Waals surface area contributed by atoms with E-state index in [1.54, 1.807) is 0 Å². The molecular weight excluding hydrogens is 190 g/mol. The van der Waals surface area contributed by atoms with Gasteiger partial charge in [0, 0.05) is 22.9 Å². The fraction of sp³-hybridized carbons (Fsp3) is 0.500. The molecule has 0 atom stereocenters. The fourth-order valence-electron chi connectivity index (χ4n) is 1.97. The molecule has 0 radical (unpaired) electrons. The highest BCUT2D eigenvalue weighted by Crippen LogP contribution is 2.51. The number of rotatable bonds is 0. The molecule has 1 N–H and O–H groups in total. The van der Waals surface area contributed by atoms with E-state index < -0.39 is 0 Å². The van der Waals surface area contributed by atoms with Gasteiger partial charge >= 0.3 is 0 Å². The monoisotopic (exact) mass is 205 g/mol. The van der Waals surface area contributed by atoms with Crippen molar-refractivity contribution in [2.45, 2.75) is 24.7 Å². The molecule has 1 saturated carbocycles. The second-order valence-electron chi connectivity index (χ2n) is 4.64. The number of fused-ring (bicyclic) bond motifs is 1. The molecule has 2 aliphatic rings. The summed E-state index contributed by atoms with van der Waals surface area (Å²) in [6, 6.07) is 6.73. The van der Waals surface area contributed by atoms with Gasteiger partial charge < -0.3 is 5.32 Å². The van der Waals surface area contributed by atoms with E-state index in [-0.39, 0.29) is 0 Å². The summed E-state index contributed by atoms with van der Waals surface area (Å²) in [5.41, 5.74) is 3.33. The Hall–Kier alpha value is -0.630. The molecule has 1 fully saturated rings. The van der Waals surface area contributed by atoms with Crippen molar-refractivity contribution in [2.24, 2.45) is 5.41 Å². The molecule has 1 aromatic rings. The minimum atomic E-state index is 0.636. The van der Waals surface area contributed by atoms with Crippen molar-refractivity contribution in [3.8, 4) is 0 Å². The summed E-state index contributed by atoms with van der Waals surface area (Å²) in [6.07, 6.45) is 2.83. The number of thioether (sulfide) groups is 1. The standard InChI is InChI=1S/C12H15NS/c1-9-2-3-11-10(6-9)13-7-12(4-5-12)8-14-11/h2-3,6,13H,4-5,7-8H2,1H3. The number of anilines is 1. The summed E-state index contributed by atoms with van der Waals surface area (Å²) < 4.78 is 0. The lowest BCUT2D eigenvalue weighted by Crippen LogP contribution is -2.15. The molecular formula is C12H15NS. The Labute approximate surface area is 89.3 Å². The van der Waals surface area contributed by atoms with Crippen LogP contribution in [-0.4, -0.2) is 12.3 Å². The van der Waals surface area contributed by atoms with Crippen LogP contribution in [-0.2, 0) is 0 Å². The second kappa shape index (κ2) is 2.93. The van der Waals surface area contributed by atoms with Gasteiger partial charge in [0.25, 0.3) is 0 Å². The minimum Gasteiger partial charge on any atom is -0.384 e. The van der Waals surface area contributed by atoms with E-state index in [1.807, 2.05) is 11.8 Å². The lowest BCUT2D eigenvalue weighted by atomic mass is 10.1. The first kappa shape index (κ1) is 8.66. The van der Waals surface area contributed by atoms with Gasteiger partial charge in [-0.15, -0.1) is 11.8 Å². The van der Waals surface area contributed by atoms with Gasteiger partial charge in [-0.3, -0.25) is 0 Å². The molecule has 1 heterocycles. The van der Waals surface area contributed by atoms with Crippen LogP contribution in [0.15, 0.2) is 23.1 Å². The van der Waals surface area contributed by atoms with Crippen LogP contribution >= 0.6 is 11.8 Å². The second-order valence-corrected chi connectivity index (χ2v) is 5.66. The van der Waals surface area contributed by atoms with Crippen LogP contribution in [0.3, 0.4) is 0 Å². The van der Waals surface area contributed by atoms with Gasteiger partial charge in [0.1, 0.15) is 0 Å². The van der Waals surface area contributed by atoms with Crippen LogP contribution < -0.4 is 5.32 Å². The topological polar surface area (TPSA) is 12.0 Å². The molecule has 1 aliphatic heterocycles. The maximum atomic E-state index is 3.60. The zero-order valence-corrected chi connectivity index (χ0v) is 9.29. The van der Waals surface area contributed by atoms with Gasteiger partial charge in [-0.25, -0.2) is 0 Å². The average Bonchev–Trinajstić information content (AvgIpc) is 2.96. The van der Waals surface area contributed by atoms with Crippen LogP contribution in [0.5, 0.6) is 0 Å². The largest absolute Gasteiger partial charge is 0.384 e. The van der Waals surface area contributed by atoms with Crippen LogP contribution in [0.25, 0.3) is 0 Å². The molecule has 1 aromatic carbocycles. The van der Waals surface area contributed by atoms with Gasteiger partial charge in [0.15, 0.2) is 0 Å². The highest BCUT2D eigenvalue weighted by molar-refractivity contribution is 7.99. The molecule has 14 heavy (non-hydrogen) atoms. The molecule has 1 nitrogen and oxygen atoms in total. The Morgan fingerprint density at radius 1 is 1.36 bits per heavy atom. The van der Waals surface area contributed by atoms with Crippen LogP contribution in [0.4, 0.5) is 5.69 Å². The first-order valence-corrected chi connectivity index (χ1v) is 6.23. The molecule has 74 valence electrons. The van der Waals surface area contributed by atoms with Crippen molar-refractivity contribution in [3.05, 3.63) is 23.8 Å². The highest BCUT2D eigenvalue weighted by atomic mass is 32.2. The Morgan fingerprint density at radius 2 is 2.21 bits per heavy atom. The van der Waals surface area contributed by atoms with Crippen molar-refractivity contribution >= 4 is 17.4 Å². The van der Waals surface area contributed by atoms with Crippen molar-refractivity contribution in [2.75, 3.05) is 17.6 Å². The number of aryl methyl sites for hydroxylation is 1. The average molecular weight is 205 g/mol. The number of nitrogens with one attached hydrogen (secondary N) is 1. The number of hydrogen-bond acceptors (Lipinski definition) is 2. The van der Waals surface area contributed by atoms with Crippen LogP contribution in [0, 0.1) is 12.3 Å². The molecule has 0 bridgehead atoms. The fourth-order valence-corrected chi connectivity index (χ4v) is 3.27. The normalized spacial score (nSPS) is 22.4. The van der Waals surface area contributed by atoms with Crippen molar-refractivity contribution in [3.63, 3.8) is 0 Å². The summed E-state index contributed by atoms with van der Waals surface area (Å²) in [5.74, 6) is 1.30. The number of benzene rings is 1. The highest BCUT2D eigenvalue weighted by Gasteiger charge is 2.43. The summed E-state index contributed by atoms with van der Waals surface area (Å²) in [5, 5.41) is 3.60. The van der Waals surface area contributed by atoms with Crippen molar-refractivity contribution in [1.82, 2.24) is 0 Å². The molecule has 2 heteroatoms. The zero-order valence-electron chi connectivity index (χ0n) is 8.47. The van der Waals surface area contributed by atoms with E-state index in [0.717, 1.165) is 0 Å². The van der Waals surface area contributed by atoms with Crippen LogP contribution in [0.1, 0.15) is 18.4 Å². The Balaban J connectivity index is 1.93. The first-order valence-electron chi connectivity index (χ1n) is 5.25. The molecule has 1 aliphatic carbocycles. The SMILES string of the molecule is Cc1ccc2c(c1)NCC1(CC1)CS2. The Morgan fingerprint density at radius 3 is 3.00 bits per heavy atom. The molecule has 0 amide bonds. The Kier molecular flexibility index (Phi) is 1.81. The quantitative estimate of drug-likeness (QED) is 0.697. The van der Waals surface area contributed by atoms with Gasteiger partial charge in [-0.05, 0) is 42.9 Å². The van der Waals surface area contributed by atoms with Gasteiger partial charge in [0.05, 0.1) is 0 Å². The zero-order chi connectivity index (χ0) is 9.60. The van der Waals surface area contributed by atoms with E-state index in [0.29, 0.717) is 5.41 Å². The molecule has 0 aromatic heterocycles. The van der Waals surface area contributed by atoms with E-state index in [9.17, 15) is 0 Å². The maximum absolute atomic E-state index is 3.60. The van der Waals surface area contributed by atoms with E-state index in [1.165, 1.54) is 41.3 Å². The first-order chi connectivity index (χ1) is 6.77. The number of hydrogen-bond donors (Lipinski definition) is 1. The van der Waals surface area contributed by atoms with Gasteiger partial charge in [0.2, 0.25) is 0 Å². The predicted molar refractivity (Wildman–Crippen MR) is 62.1 cm³/mol. The molecule has 1 spiro atoms. The van der Waals surface area contributed by atoms with E-state index >= 15 is 0 Å². The van der Waals surface area contributed by atoms with Crippen molar-refractivity contribution in [1.29, 1.82) is 0 Å². The third-order valence-corrected chi connectivity index (χ3v) is 4.70. The van der Waals surface area contributed by atoms with E-state index in [4.69, 9.17) is 0 Å².